The van der Waals surface area contributed by atoms with Crippen LogP contribution in [-0.4, -0.2) is 62.7 Å². The van der Waals surface area contributed by atoms with Crippen LogP contribution in [-0.2, 0) is 24.5 Å². The summed E-state index contributed by atoms with van der Waals surface area (Å²) in [5, 5.41) is -0.396. The van der Waals surface area contributed by atoms with Crippen LogP contribution in [0.1, 0.15) is 51.9 Å². The van der Waals surface area contributed by atoms with E-state index in [9.17, 15) is 21.6 Å². The van der Waals surface area contributed by atoms with E-state index >= 15 is 0 Å². The molecule has 1 amide bonds. The maximum absolute atomic E-state index is 12.6. The molecule has 0 aromatic carbocycles. The number of sulfone groups is 2. The normalized spacial score (nSPS) is 24.8. The number of nitrogens with zero attached hydrogens (tertiary/aromatic N) is 1. The van der Waals surface area contributed by atoms with E-state index < -0.39 is 36.6 Å². The van der Waals surface area contributed by atoms with Crippen LogP contribution in [0.25, 0.3) is 0 Å². The van der Waals surface area contributed by atoms with Gasteiger partial charge in [-0.25, -0.2) is 16.8 Å². The fourth-order valence-corrected chi connectivity index (χ4v) is 7.01. The number of carbonyl (C=O) groups is 1. The Morgan fingerprint density at radius 1 is 1.17 bits per heavy atom. The lowest BCUT2D eigenvalue weighted by Gasteiger charge is -2.28. The van der Waals surface area contributed by atoms with Crippen molar-refractivity contribution in [3.63, 3.8) is 0 Å². The number of hydrogen-bond acceptors (Lipinski definition) is 5. The van der Waals surface area contributed by atoms with Gasteiger partial charge in [-0.15, -0.1) is 0 Å². The summed E-state index contributed by atoms with van der Waals surface area (Å²) in [6.45, 7) is 2.43. The minimum Gasteiger partial charge on any atom is -0.338 e. The Labute approximate surface area is 139 Å². The van der Waals surface area contributed by atoms with E-state index in [2.05, 4.69) is 0 Å². The second-order valence-corrected chi connectivity index (χ2v) is 11.2. The summed E-state index contributed by atoms with van der Waals surface area (Å²) in [6.07, 6.45) is 5.13. The molecule has 2 rings (SSSR count). The zero-order valence-electron chi connectivity index (χ0n) is 13.7. The minimum atomic E-state index is -3.43. The highest BCUT2D eigenvalue weighted by molar-refractivity contribution is 7.92. The van der Waals surface area contributed by atoms with Crippen molar-refractivity contribution in [2.45, 2.75) is 63.2 Å². The average molecular weight is 366 g/mol. The summed E-state index contributed by atoms with van der Waals surface area (Å²) in [7, 11) is -6.53. The van der Waals surface area contributed by atoms with E-state index in [0.717, 1.165) is 25.7 Å². The van der Waals surface area contributed by atoms with E-state index in [-0.39, 0.29) is 17.5 Å². The van der Waals surface area contributed by atoms with E-state index in [4.69, 9.17) is 0 Å². The third-order valence-corrected chi connectivity index (χ3v) is 8.74. The van der Waals surface area contributed by atoms with Gasteiger partial charge in [-0.3, -0.25) is 4.79 Å². The topological polar surface area (TPSA) is 88.6 Å². The van der Waals surface area contributed by atoms with Gasteiger partial charge in [-0.1, -0.05) is 26.2 Å². The summed E-state index contributed by atoms with van der Waals surface area (Å²) in [6, 6.07) is -0.363. The number of carbonyl (C=O) groups excluding carboxylic acids is 1. The van der Waals surface area contributed by atoms with Gasteiger partial charge in [-0.05, 0) is 25.7 Å². The van der Waals surface area contributed by atoms with Crippen molar-refractivity contribution in [3.8, 4) is 0 Å². The van der Waals surface area contributed by atoms with Gasteiger partial charge in [0.1, 0.15) is 5.75 Å². The lowest BCUT2D eigenvalue weighted by Crippen LogP contribution is -2.45. The molecule has 8 heteroatoms. The van der Waals surface area contributed by atoms with Gasteiger partial charge >= 0.3 is 0 Å². The molecule has 23 heavy (non-hydrogen) atoms. The molecule has 1 saturated heterocycles. The van der Waals surface area contributed by atoms with Crippen LogP contribution in [0.3, 0.4) is 0 Å². The Balaban J connectivity index is 2.07. The third-order valence-electron chi connectivity index (χ3n) is 4.86. The molecule has 2 fully saturated rings. The zero-order valence-corrected chi connectivity index (χ0v) is 15.4. The quantitative estimate of drug-likeness (QED) is 0.675. The predicted octanol–water partition coefficient (Wildman–Crippen LogP) is 1.16. The molecule has 1 unspecified atom stereocenters. The summed E-state index contributed by atoms with van der Waals surface area (Å²) in [5.41, 5.74) is 0. The first kappa shape index (κ1) is 18.7. The maximum atomic E-state index is 12.6. The average Bonchev–Trinajstić information content (AvgIpc) is 3.08. The molecule has 6 nitrogen and oxygen atoms in total. The molecule has 0 aromatic rings. The van der Waals surface area contributed by atoms with Crippen LogP contribution in [0.15, 0.2) is 0 Å². The molecule has 0 bridgehead atoms. The monoisotopic (exact) mass is 365 g/mol. The van der Waals surface area contributed by atoms with Gasteiger partial charge in [0.2, 0.25) is 5.91 Å². The van der Waals surface area contributed by atoms with Gasteiger partial charge in [-0.2, -0.15) is 0 Å². The van der Waals surface area contributed by atoms with Crippen LogP contribution < -0.4 is 0 Å². The fraction of sp³-hybridized carbons (Fsp3) is 0.933. The molecular weight excluding hydrogens is 338 g/mol. The van der Waals surface area contributed by atoms with Gasteiger partial charge in [0.05, 0.1) is 16.8 Å². The lowest BCUT2D eigenvalue weighted by molar-refractivity contribution is -0.130. The highest BCUT2D eigenvalue weighted by Crippen LogP contribution is 2.26. The van der Waals surface area contributed by atoms with Crippen LogP contribution in [0.5, 0.6) is 0 Å². The summed E-state index contributed by atoms with van der Waals surface area (Å²) >= 11 is 0. The summed E-state index contributed by atoms with van der Waals surface area (Å²) < 4.78 is 48.2. The number of rotatable bonds is 7. The molecule has 2 aliphatic rings. The van der Waals surface area contributed by atoms with Crippen molar-refractivity contribution in [1.82, 2.24) is 4.90 Å². The molecule has 1 saturated carbocycles. The van der Waals surface area contributed by atoms with E-state index in [0.29, 0.717) is 25.8 Å². The van der Waals surface area contributed by atoms with Crippen LogP contribution >= 0.6 is 0 Å². The Bertz CT molecular complexity index is 620. The van der Waals surface area contributed by atoms with Crippen LogP contribution in [0.4, 0.5) is 0 Å². The van der Waals surface area contributed by atoms with Gasteiger partial charge in [0, 0.05) is 12.6 Å². The Kier molecular flexibility index (Phi) is 6.10. The van der Waals surface area contributed by atoms with Gasteiger partial charge < -0.3 is 4.90 Å². The van der Waals surface area contributed by atoms with Crippen molar-refractivity contribution >= 4 is 25.6 Å². The Morgan fingerprint density at radius 3 is 2.35 bits per heavy atom. The smallest absolute Gasteiger partial charge is 0.238 e. The molecule has 0 N–H and O–H groups in total. The summed E-state index contributed by atoms with van der Waals surface area (Å²) in [4.78, 5) is 14.1. The molecule has 1 aliphatic carbocycles. The second kappa shape index (κ2) is 7.51. The highest BCUT2D eigenvalue weighted by atomic mass is 32.2. The van der Waals surface area contributed by atoms with E-state index in [1.807, 2.05) is 6.92 Å². The molecule has 1 aliphatic heterocycles. The molecule has 1 atom stereocenters. The molecule has 0 spiro atoms. The number of unbranched alkanes of at least 4 members (excludes halogenated alkanes) is 1. The number of amides is 1. The van der Waals surface area contributed by atoms with Crippen LogP contribution in [0.2, 0.25) is 0 Å². The first-order valence-corrected chi connectivity index (χ1v) is 12.0. The van der Waals surface area contributed by atoms with E-state index in [1.165, 1.54) is 4.90 Å². The number of hydrogen-bond donors (Lipinski definition) is 0. The minimum absolute atomic E-state index is 0.0358. The van der Waals surface area contributed by atoms with Crippen molar-refractivity contribution in [1.29, 1.82) is 0 Å². The van der Waals surface area contributed by atoms with Gasteiger partial charge in [0.25, 0.3) is 0 Å². The van der Waals surface area contributed by atoms with Crippen LogP contribution in [0, 0.1) is 0 Å². The SMILES string of the molecule is CCCCN(C(=O)CS(=O)(=O)C1CCCC1)C1CCS(=O)(=O)C1. The van der Waals surface area contributed by atoms with Crippen molar-refractivity contribution in [2.75, 3.05) is 23.8 Å². The van der Waals surface area contributed by atoms with Crippen molar-refractivity contribution < 1.29 is 21.6 Å². The lowest BCUT2D eigenvalue weighted by atomic mass is 10.2. The third kappa shape index (κ3) is 4.92. The van der Waals surface area contributed by atoms with Crippen molar-refractivity contribution in [3.05, 3.63) is 0 Å². The first-order valence-electron chi connectivity index (χ1n) is 8.46. The van der Waals surface area contributed by atoms with Crippen molar-refractivity contribution in [2.24, 2.45) is 0 Å². The molecule has 1 heterocycles. The summed E-state index contributed by atoms with van der Waals surface area (Å²) in [5.74, 6) is -0.847. The first-order chi connectivity index (χ1) is 10.7. The van der Waals surface area contributed by atoms with E-state index in [1.54, 1.807) is 0 Å². The Hall–Kier alpha value is -0.630. The largest absolute Gasteiger partial charge is 0.338 e. The zero-order chi connectivity index (χ0) is 17.1. The second-order valence-electron chi connectivity index (χ2n) is 6.71. The fourth-order valence-electron chi connectivity index (χ4n) is 3.48. The highest BCUT2D eigenvalue weighted by Gasteiger charge is 2.37. The molecule has 0 radical (unpaired) electrons. The Morgan fingerprint density at radius 2 is 1.83 bits per heavy atom. The standard InChI is InChI=1S/C15H27NO5S2/c1-2-3-9-16(13-8-10-22(18,19)11-13)15(17)12-23(20,21)14-6-4-5-7-14/h13-14H,2-12H2,1H3. The van der Waals surface area contributed by atoms with Gasteiger partial charge in [0.15, 0.2) is 19.7 Å². The molecule has 134 valence electrons. The maximum Gasteiger partial charge on any atom is 0.238 e. The molecule has 0 aromatic heterocycles. The molecular formula is C15H27NO5S2. The predicted molar refractivity (Wildman–Crippen MR) is 89.7 cm³/mol.